The number of aliphatic hydroxyl groups is 1. The van der Waals surface area contributed by atoms with Gasteiger partial charge in [-0.3, -0.25) is 14.7 Å². The van der Waals surface area contributed by atoms with E-state index in [2.05, 4.69) is 10.3 Å². The second-order valence-electron chi connectivity index (χ2n) is 10.6. The number of amides is 1. The standard InChI is InChI=1S/C27H31F6N3O4S/c1-2-41(39,40)21-9-5-17(6-10-21)22(15-37)35-25(38)18-11-19-14-36(24(27(31,32)33)23(19)34-12-18)13-16-3-7-20(8-4-16)26(28,29)30/h5-6,9-12,16,20,22,24,37H,2-4,7-8,13-15H2,1H3,(H,35,38)/t16-,20-,22-,24?/m0/s1. The Morgan fingerprint density at radius 2 is 1.71 bits per heavy atom. The Bertz CT molecular complexity index is 1340. The molecule has 4 rings (SSSR count). The molecular weight excluding hydrogens is 576 g/mol. The minimum atomic E-state index is -4.68. The van der Waals surface area contributed by atoms with Crippen molar-refractivity contribution in [2.75, 3.05) is 18.9 Å². The first-order valence-electron chi connectivity index (χ1n) is 13.2. The second kappa shape index (κ2) is 11.9. The summed E-state index contributed by atoms with van der Waals surface area (Å²) in [5, 5.41) is 12.4. The molecule has 1 aliphatic heterocycles. The SMILES string of the molecule is CCS(=O)(=O)c1ccc([C@H](CO)NC(=O)c2cnc3c(c2)CN(C[C@H]2CC[C@H](C(F)(F)F)CC2)C3C(F)(F)F)cc1. The maximum absolute atomic E-state index is 14.1. The normalized spacial score (nSPS) is 22.8. The molecule has 2 aliphatic rings. The van der Waals surface area contributed by atoms with Gasteiger partial charge in [-0.2, -0.15) is 26.3 Å². The molecule has 1 aromatic carbocycles. The largest absolute Gasteiger partial charge is 0.409 e. The van der Waals surface area contributed by atoms with E-state index in [0.717, 1.165) is 6.20 Å². The van der Waals surface area contributed by atoms with Gasteiger partial charge in [-0.05, 0) is 60.9 Å². The Labute approximate surface area is 233 Å². The maximum Gasteiger partial charge on any atom is 0.409 e. The second-order valence-corrected chi connectivity index (χ2v) is 12.9. The number of nitrogens with zero attached hydrogens (tertiary/aromatic N) is 2. The number of aliphatic hydroxyl groups excluding tert-OH is 1. The number of carbonyl (C=O) groups is 1. The predicted molar refractivity (Wildman–Crippen MR) is 136 cm³/mol. The topological polar surface area (TPSA) is 99.6 Å². The van der Waals surface area contributed by atoms with Gasteiger partial charge in [0.1, 0.15) is 6.04 Å². The van der Waals surface area contributed by atoms with Crippen LogP contribution in [0.4, 0.5) is 26.3 Å². The van der Waals surface area contributed by atoms with Crippen LogP contribution in [0, 0.1) is 11.8 Å². The third-order valence-electron chi connectivity index (χ3n) is 7.88. The summed E-state index contributed by atoms with van der Waals surface area (Å²) in [7, 11) is -3.44. The van der Waals surface area contributed by atoms with Crippen molar-refractivity contribution in [3.05, 3.63) is 58.9 Å². The molecular formula is C27H31F6N3O4S. The number of nitrogens with one attached hydrogen (secondary N) is 1. The monoisotopic (exact) mass is 607 g/mol. The van der Waals surface area contributed by atoms with Gasteiger partial charge in [-0.15, -0.1) is 0 Å². The fourth-order valence-corrected chi connectivity index (χ4v) is 6.47. The summed E-state index contributed by atoms with van der Waals surface area (Å²) in [5.41, 5.74) is 0.345. The summed E-state index contributed by atoms with van der Waals surface area (Å²) in [6.07, 6.45) is -7.83. The Kier molecular flexibility index (Phi) is 9.05. The highest BCUT2D eigenvalue weighted by Crippen LogP contribution is 2.46. The first-order valence-corrected chi connectivity index (χ1v) is 14.9. The number of benzene rings is 1. The fraction of sp³-hybridized carbons (Fsp3) is 0.556. The number of alkyl halides is 6. The van der Waals surface area contributed by atoms with Crippen LogP contribution in [0.1, 0.15) is 71.9 Å². The van der Waals surface area contributed by atoms with Crippen molar-refractivity contribution in [3.63, 3.8) is 0 Å². The minimum Gasteiger partial charge on any atom is -0.394 e. The van der Waals surface area contributed by atoms with Gasteiger partial charge in [0.15, 0.2) is 9.84 Å². The van der Waals surface area contributed by atoms with E-state index in [1.165, 1.54) is 42.2 Å². The van der Waals surface area contributed by atoms with E-state index < -0.39 is 52.7 Å². The molecule has 2 aromatic rings. The highest BCUT2D eigenvalue weighted by Gasteiger charge is 2.51. The van der Waals surface area contributed by atoms with Crippen LogP contribution in [-0.4, -0.2) is 60.6 Å². The zero-order chi connectivity index (χ0) is 30.2. The first-order chi connectivity index (χ1) is 19.1. The van der Waals surface area contributed by atoms with Crippen LogP contribution < -0.4 is 5.32 Å². The van der Waals surface area contributed by atoms with E-state index in [1.54, 1.807) is 0 Å². The number of rotatable bonds is 8. The van der Waals surface area contributed by atoms with Crippen LogP contribution in [0.2, 0.25) is 0 Å². The number of halogens is 6. The van der Waals surface area contributed by atoms with Crippen LogP contribution in [-0.2, 0) is 16.4 Å². The Hall–Kier alpha value is -2.71. The average Bonchev–Trinajstić information content (AvgIpc) is 3.29. The Morgan fingerprint density at radius 1 is 1.07 bits per heavy atom. The lowest BCUT2D eigenvalue weighted by Gasteiger charge is -2.34. The fourth-order valence-electron chi connectivity index (χ4n) is 5.59. The number of hydrogen-bond acceptors (Lipinski definition) is 6. The van der Waals surface area contributed by atoms with Crippen molar-refractivity contribution in [1.29, 1.82) is 0 Å². The van der Waals surface area contributed by atoms with Gasteiger partial charge in [0.05, 0.1) is 40.5 Å². The van der Waals surface area contributed by atoms with Gasteiger partial charge >= 0.3 is 12.4 Å². The minimum absolute atomic E-state index is 0.0270. The van der Waals surface area contributed by atoms with E-state index in [4.69, 9.17) is 0 Å². The van der Waals surface area contributed by atoms with Gasteiger partial charge in [-0.1, -0.05) is 19.1 Å². The molecule has 2 N–H and O–H groups in total. The summed E-state index contributed by atoms with van der Waals surface area (Å²) in [5.74, 6) is -2.54. The van der Waals surface area contributed by atoms with Gasteiger partial charge < -0.3 is 10.4 Å². The zero-order valence-corrected chi connectivity index (χ0v) is 23.0. The molecule has 0 spiro atoms. The molecule has 1 aliphatic carbocycles. The molecule has 2 heterocycles. The number of fused-ring (bicyclic) bond motifs is 1. The summed E-state index contributed by atoms with van der Waals surface area (Å²) in [6, 6.07) is 4.00. The summed E-state index contributed by atoms with van der Waals surface area (Å²) in [4.78, 5) is 18.2. The lowest BCUT2D eigenvalue weighted by Crippen LogP contribution is -2.38. The third kappa shape index (κ3) is 7.03. The van der Waals surface area contributed by atoms with Crippen LogP contribution >= 0.6 is 0 Å². The molecule has 1 fully saturated rings. The summed E-state index contributed by atoms with van der Waals surface area (Å²) >= 11 is 0. The van der Waals surface area contributed by atoms with E-state index in [1.807, 2.05) is 0 Å². The lowest BCUT2D eigenvalue weighted by molar-refractivity contribution is -0.190. The van der Waals surface area contributed by atoms with Crippen LogP contribution in [0.3, 0.4) is 0 Å². The number of aromatic nitrogens is 1. The highest BCUT2D eigenvalue weighted by atomic mass is 32.2. The van der Waals surface area contributed by atoms with Crippen molar-refractivity contribution >= 4 is 15.7 Å². The van der Waals surface area contributed by atoms with E-state index >= 15 is 0 Å². The highest BCUT2D eigenvalue weighted by molar-refractivity contribution is 7.91. The van der Waals surface area contributed by atoms with Crippen LogP contribution in [0.15, 0.2) is 41.4 Å². The Balaban J connectivity index is 1.47. The molecule has 0 radical (unpaired) electrons. The molecule has 14 heteroatoms. The molecule has 1 aromatic heterocycles. The molecule has 1 amide bonds. The molecule has 7 nitrogen and oxygen atoms in total. The molecule has 1 unspecified atom stereocenters. The predicted octanol–water partition coefficient (Wildman–Crippen LogP) is 5.13. The lowest BCUT2D eigenvalue weighted by atomic mass is 9.81. The van der Waals surface area contributed by atoms with Gasteiger partial charge in [0, 0.05) is 19.3 Å². The molecule has 2 atom stereocenters. The maximum atomic E-state index is 14.1. The van der Waals surface area contributed by atoms with E-state index in [-0.39, 0.29) is 72.2 Å². The number of carbonyl (C=O) groups excluding carboxylic acids is 1. The van der Waals surface area contributed by atoms with Gasteiger partial charge in [0.2, 0.25) is 0 Å². The average molecular weight is 608 g/mol. The van der Waals surface area contributed by atoms with Crippen molar-refractivity contribution in [2.24, 2.45) is 11.8 Å². The van der Waals surface area contributed by atoms with Crippen molar-refractivity contribution in [3.8, 4) is 0 Å². The first kappa shape index (κ1) is 31.2. The molecule has 1 saturated carbocycles. The van der Waals surface area contributed by atoms with Gasteiger partial charge in [0.25, 0.3) is 5.91 Å². The third-order valence-corrected chi connectivity index (χ3v) is 9.63. The number of sulfone groups is 1. The Morgan fingerprint density at radius 3 is 2.24 bits per heavy atom. The number of hydrogen-bond donors (Lipinski definition) is 2. The van der Waals surface area contributed by atoms with Crippen LogP contribution in [0.5, 0.6) is 0 Å². The van der Waals surface area contributed by atoms with E-state index in [9.17, 15) is 44.7 Å². The molecule has 41 heavy (non-hydrogen) atoms. The summed E-state index contributed by atoms with van der Waals surface area (Å²) in [6.45, 7) is 0.778. The molecule has 0 saturated heterocycles. The zero-order valence-electron chi connectivity index (χ0n) is 22.2. The van der Waals surface area contributed by atoms with E-state index in [0.29, 0.717) is 5.56 Å². The van der Waals surface area contributed by atoms with Crippen LogP contribution in [0.25, 0.3) is 0 Å². The quantitative estimate of drug-likeness (QED) is 0.404. The summed E-state index contributed by atoms with van der Waals surface area (Å²) < 4.78 is 105. The van der Waals surface area contributed by atoms with Crippen molar-refractivity contribution in [1.82, 2.24) is 15.2 Å². The molecule has 226 valence electrons. The smallest absolute Gasteiger partial charge is 0.394 e. The van der Waals surface area contributed by atoms with Crippen molar-refractivity contribution < 1.29 is 44.7 Å². The number of pyridine rings is 1. The van der Waals surface area contributed by atoms with Crippen molar-refractivity contribution in [2.45, 2.75) is 68.5 Å². The van der Waals surface area contributed by atoms with Gasteiger partial charge in [-0.25, -0.2) is 8.42 Å². The molecule has 0 bridgehead atoms.